The van der Waals surface area contributed by atoms with Crippen molar-refractivity contribution >= 4 is 24.0 Å². The molecule has 25 heavy (non-hydrogen) atoms. The molecule has 136 valence electrons. The second-order valence-electron chi connectivity index (χ2n) is 5.86. The van der Waals surface area contributed by atoms with Crippen molar-refractivity contribution < 1.29 is 9.59 Å². The summed E-state index contributed by atoms with van der Waals surface area (Å²) in [5.41, 5.74) is 0.790. The normalized spacial score (nSPS) is 19.6. The van der Waals surface area contributed by atoms with Gasteiger partial charge in [0.25, 0.3) is 5.91 Å². The molecule has 0 unspecified atom stereocenters. The highest BCUT2D eigenvalue weighted by Crippen LogP contribution is 2.14. The molecule has 1 aromatic rings. The van der Waals surface area contributed by atoms with Crippen molar-refractivity contribution in [2.24, 2.45) is 0 Å². The van der Waals surface area contributed by atoms with E-state index in [1.54, 1.807) is 18.3 Å². The maximum atomic E-state index is 11.6. The third-order valence-electron chi connectivity index (χ3n) is 4.00. The average Bonchev–Trinajstić information content (AvgIpc) is 2.94. The molecular formula is C17H26N6O2. The second kappa shape index (κ2) is 8.57. The van der Waals surface area contributed by atoms with Gasteiger partial charge in [-0.3, -0.25) is 15.0 Å². The highest BCUT2D eigenvalue weighted by molar-refractivity contribution is 6.13. The maximum Gasteiger partial charge on any atom is 0.326 e. The number of aromatic nitrogens is 2. The number of anilines is 1. The molecule has 2 N–H and O–H groups in total. The first-order valence-electron chi connectivity index (χ1n) is 8.69. The SMILES string of the molecule is CC.CC(C)N1CCN(c2nccc(/C=C3\NC(=O)NC3=O)n2)CC1. The van der Waals surface area contributed by atoms with Gasteiger partial charge in [-0.1, -0.05) is 13.8 Å². The highest BCUT2D eigenvalue weighted by atomic mass is 16.2. The molecule has 0 atom stereocenters. The van der Waals surface area contributed by atoms with Crippen molar-refractivity contribution in [1.29, 1.82) is 0 Å². The Kier molecular flexibility index (Phi) is 6.46. The Labute approximate surface area is 148 Å². The van der Waals surface area contributed by atoms with E-state index in [2.05, 4.69) is 44.2 Å². The Hall–Kier alpha value is -2.48. The lowest BCUT2D eigenvalue weighted by Gasteiger charge is -2.36. The monoisotopic (exact) mass is 346 g/mol. The number of hydrogen-bond donors (Lipinski definition) is 2. The molecule has 8 heteroatoms. The Morgan fingerprint density at radius 2 is 1.80 bits per heavy atom. The molecule has 0 aromatic carbocycles. The quantitative estimate of drug-likeness (QED) is 0.632. The van der Waals surface area contributed by atoms with Crippen molar-refractivity contribution in [2.75, 3.05) is 31.1 Å². The van der Waals surface area contributed by atoms with Crippen LogP contribution in [0.25, 0.3) is 6.08 Å². The van der Waals surface area contributed by atoms with Crippen LogP contribution in [0.15, 0.2) is 18.0 Å². The van der Waals surface area contributed by atoms with Crippen LogP contribution in [-0.4, -0.2) is 59.0 Å². The number of nitrogens with zero attached hydrogens (tertiary/aromatic N) is 4. The van der Waals surface area contributed by atoms with Gasteiger partial charge in [-0.25, -0.2) is 14.8 Å². The molecule has 2 aliphatic rings. The molecule has 0 saturated carbocycles. The Morgan fingerprint density at radius 3 is 2.36 bits per heavy atom. The second-order valence-corrected chi connectivity index (χ2v) is 5.86. The number of urea groups is 1. The lowest BCUT2D eigenvalue weighted by atomic mass is 10.2. The van der Waals surface area contributed by atoms with Crippen LogP contribution in [0.5, 0.6) is 0 Å². The Balaban J connectivity index is 0.00000109. The van der Waals surface area contributed by atoms with Gasteiger partial charge in [-0.15, -0.1) is 0 Å². The molecule has 3 heterocycles. The fourth-order valence-electron chi connectivity index (χ4n) is 2.66. The lowest BCUT2D eigenvalue weighted by molar-refractivity contribution is -0.115. The van der Waals surface area contributed by atoms with E-state index in [1.165, 1.54) is 0 Å². The summed E-state index contributed by atoms with van der Waals surface area (Å²) in [5.74, 6) is 0.202. The topological polar surface area (TPSA) is 90.5 Å². The van der Waals surface area contributed by atoms with Crippen molar-refractivity contribution in [3.8, 4) is 0 Å². The number of hydrogen-bond acceptors (Lipinski definition) is 6. The van der Waals surface area contributed by atoms with E-state index in [-0.39, 0.29) is 5.70 Å². The summed E-state index contributed by atoms with van der Waals surface area (Å²) in [6.45, 7) is 12.1. The number of imide groups is 1. The molecule has 3 amide bonds. The first-order valence-corrected chi connectivity index (χ1v) is 8.69. The number of piperazine rings is 1. The fourth-order valence-corrected chi connectivity index (χ4v) is 2.66. The number of carbonyl (C=O) groups excluding carboxylic acids is 2. The Bertz CT molecular complexity index is 650. The zero-order chi connectivity index (χ0) is 18.4. The van der Waals surface area contributed by atoms with Gasteiger partial charge in [0.2, 0.25) is 5.95 Å². The fraction of sp³-hybridized carbons (Fsp3) is 0.529. The summed E-state index contributed by atoms with van der Waals surface area (Å²) in [6.07, 6.45) is 3.22. The smallest absolute Gasteiger partial charge is 0.326 e. The van der Waals surface area contributed by atoms with Gasteiger partial charge in [0.05, 0.1) is 5.69 Å². The zero-order valence-electron chi connectivity index (χ0n) is 15.2. The third kappa shape index (κ3) is 4.76. The average molecular weight is 346 g/mol. The summed E-state index contributed by atoms with van der Waals surface area (Å²) in [7, 11) is 0. The minimum absolute atomic E-state index is 0.198. The largest absolute Gasteiger partial charge is 0.338 e. The van der Waals surface area contributed by atoms with Crippen LogP contribution in [0.4, 0.5) is 10.7 Å². The lowest BCUT2D eigenvalue weighted by Crippen LogP contribution is -2.49. The van der Waals surface area contributed by atoms with Crippen LogP contribution >= 0.6 is 0 Å². The van der Waals surface area contributed by atoms with Gasteiger partial charge in [0.1, 0.15) is 5.70 Å². The molecule has 0 spiro atoms. The van der Waals surface area contributed by atoms with E-state index in [0.717, 1.165) is 26.2 Å². The molecular weight excluding hydrogens is 320 g/mol. The summed E-state index contributed by atoms with van der Waals surface area (Å²) >= 11 is 0. The summed E-state index contributed by atoms with van der Waals surface area (Å²) in [5, 5.41) is 4.61. The molecule has 0 radical (unpaired) electrons. The van der Waals surface area contributed by atoms with Crippen molar-refractivity contribution in [3.63, 3.8) is 0 Å². The van der Waals surface area contributed by atoms with Crippen LogP contribution in [0.1, 0.15) is 33.4 Å². The van der Waals surface area contributed by atoms with Gasteiger partial charge in [0, 0.05) is 38.4 Å². The Morgan fingerprint density at radius 1 is 1.12 bits per heavy atom. The zero-order valence-corrected chi connectivity index (χ0v) is 15.2. The predicted octanol–water partition coefficient (Wildman–Crippen LogP) is 1.21. The van der Waals surface area contributed by atoms with Gasteiger partial charge >= 0.3 is 6.03 Å². The number of nitrogens with one attached hydrogen (secondary N) is 2. The summed E-state index contributed by atoms with van der Waals surface area (Å²) in [6, 6.07) is 1.73. The molecule has 8 nitrogen and oxygen atoms in total. The number of carbonyl (C=O) groups is 2. The van der Waals surface area contributed by atoms with Gasteiger partial charge in [0.15, 0.2) is 0 Å². The van der Waals surface area contributed by atoms with Crippen LogP contribution in [0.3, 0.4) is 0 Å². The van der Waals surface area contributed by atoms with Crippen LogP contribution < -0.4 is 15.5 Å². The van der Waals surface area contributed by atoms with Crippen LogP contribution in [0, 0.1) is 0 Å². The molecule has 2 saturated heterocycles. The molecule has 3 rings (SSSR count). The molecule has 0 bridgehead atoms. The van der Waals surface area contributed by atoms with Crippen LogP contribution in [0.2, 0.25) is 0 Å². The first kappa shape index (κ1) is 18.9. The third-order valence-corrected chi connectivity index (χ3v) is 4.00. The van der Waals surface area contributed by atoms with Crippen molar-refractivity contribution in [2.45, 2.75) is 33.7 Å². The molecule has 2 fully saturated rings. The highest BCUT2D eigenvalue weighted by Gasteiger charge is 2.24. The molecule has 2 aliphatic heterocycles. The van der Waals surface area contributed by atoms with E-state index in [1.807, 2.05) is 13.8 Å². The molecule has 1 aromatic heterocycles. The maximum absolute atomic E-state index is 11.6. The minimum atomic E-state index is -0.514. The van der Waals surface area contributed by atoms with E-state index in [9.17, 15) is 9.59 Å². The predicted molar refractivity (Wildman–Crippen MR) is 97.0 cm³/mol. The van der Waals surface area contributed by atoms with E-state index in [0.29, 0.717) is 17.7 Å². The first-order chi connectivity index (χ1) is 12.0. The number of amides is 3. The van der Waals surface area contributed by atoms with E-state index in [4.69, 9.17) is 0 Å². The van der Waals surface area contributed by atoms with Gasteiger partial charge in [-0.05, 0) is 26.0 Å². The molecule has 0 aliphatic carbocycles. The summed E-state index contributed by atoms with van der Waals surface area (Å²) in [4.78, 5) is 36.0. The van der Waals surface area contributed by atoms with Gasteiger partial charge < -0.3 is 10.2 Å². The standard InChI is InChI=1S/C15H20N6O2.C2H6/c1-10(2)20-5-7-21(8-6-20)14-16-4-3-11(17-14)9-12-13(22)19-15(23)18-12;1-2/h3-4,9-10H,5-8H2,1-2H3,(H2,18,19,22,23);1-2H3/b12-9-;. The van der Waals surface area contributed by atoms with Gasteiger partial charge in [-0.2, -0.15) is 0 Å². The van der Waals surface area contributed by atoms with Crippen molar-refractivity contribution in [3.05, 3.63) is 23.7 Å². The van der Waals surface area contributed by atoms with E-state index < -0.39 is 11.9 Å². The van der Waals surface area contributed by atoms with Crippen molar-refractivity contribution in [1.82, 2.24) is 25.5 Å². The van der Waals surface area contributed by atoms with E-state index >= 15 is 0 Å². The summed E-state index contributed by atoms with van der Waals surface area (Å²) < 4.78 is 0. The number of rotatable bonds is 3. The van der Waals surface area contributed by atoms with Crippen LogP contribution in [-0.2, 0) is 4.79 Å². The minimum Gasteiger partial charge on any atom is -0.338 e.